The monoisotopic (exact) mass is 368 g/mol. The van der Waals surface area contributed by atoms with Crippen LogP contribution in [-0.4, -0.2) is 31.6 Å². The minimum atomic E-state index is -1.56. The third kappa shape index (κ3) is 3.21. The van der Waals surface area contributed by atoms with E-state index < -0.39 is 17.4 Å². The molecule has 0 aliphatic rings. The van der Waals surface area contributed by atoms with Gasteiger partial charge in [0.2, 0.25) is 5.91 Å². The number of fused-ring (bicyclic) bond motifs is 1. The van der Waals surface area contributed by atoms with Crippen LogP contribution in [0, 0.1) is 6.92 Å². The van der Waals surface area contributed by atoms with Crippen LogP contribution in [0.3, 0.4) is 0 Å². The van der Waals surface area contributed by atoms with Gasteiger partial charge in [-0.1, -0.05) is 37.3 Å². The minimum Gasteiger partial charge on any atom is -0.479 e. The Kier molecular flexibility index (Phi) is 4.81. The van der Waals surface area contributed by atoms with Gasteiger partial charge < -0.3 is 10.4 Å². The van der Waals surface area contributed by atoms with E-state index in [0.29, 0.717) is 16.9 Å². The predicted molar refractivity (Wildman–Crippen MR) is 98.4 cm³/mol. The summed E-state index contributed by atoms with van der Waals surface area (Å²) in [5.41, 5.74) is -0.358. The van der Waals surface area contributed by atoms with Crippen molar-refractivity contribution in [1.82, 2.24) is 19.9 Å². The number of rotatable bonds is 6. The summed E-state index contributed by atoms with van der Waals surface area (Å²) in [5.74, 6) is -1.72. The first kappa shape index (κ1) is 18.4. The summed E-state index contributed by atoms with van der Waals surface area (Å²) in [7, 11) is 0. The molecule has 3 rings (SSSR count). The number of H-pyrrole nitrogens is 1. The van der Waals surface area contributed by atoms with Crippen LogP contribution in [0.2, 0.25) is 0 Å². The van der Waals surface area contributed by atoms with Crippen LogP contribution in [0.25, 0.3) is 5.65 Å². The second kappa shape index (κ2) is 7.06. The van der Waals surface area contributed by atoms with Crippen molar-refractivity contribution in [2.75, 3.05) is 0 Å². The lowest BCUT2D eigenvalue weighted by molar-refractivity contribution is -0.148. The van der Waals surface area contributed by atoms with Gasteiger partial charge in [-0.15, -0.1) is 0 Å². The highest BCUT2D eigenvalue weighted by molar-refractivity contribution is 5.89. The van der Waals surface area contributed by atoms with Gasteiger partial charge in [0, 0.05) is 23.5 Å². The van der Waals surface area contributed by atoms with Crippen molar-refractivity contribution in [3.05, 3.63) is 69.8 Å². The summed E-state index contributed by atoms with van der Waals surface area (Å²) < 4.78 is 1.25. The molecule has 2 heterocycles. The number of nitrogens with one attached hydrogen (secondary N) is 2. The zero-order chi connectivity index (χ0) is 19.6. The molecule has 2 aromatic heterocycles. The molecule has 1 unspecified atom stereocenters. The number of aromatic amines is 1. The number of carboxylic acid groups (broad SMARTS) is 1. The van der Waals surface area contributed by atoms with Crippen molar-refractivity contribution < 1.29 is 14.7 Å². The molecule has 0 aliphatic carbocycles. The molecule has 8 heteroatoms. The van der Waals surface area contributed by atoms with Crippen LogP contribution >= 0.6 is 0 Å². The van der Waals surface area contributed by atoms with Crippen LogP contribution in [0.1, 0.15) is 30.2 Å². The summed E-state index contributed by atoms with van der Waals surface area (Å²) in [5, 5.41) is 15.2. The van der Waals surface area contributed by atoms with Crippen LogP contribution in [0.4, 0.5) is 0 Å². The van der Waals surface area contributed by atoms with Gasteiger partial charge in [-0.3, -0.25) is 14.7 Å². The lowest BCUT2D eigenvalue weighted by Gasteiger charge is -2.30. The van der Waals surface area contributed by atoms with E-state index in [0.717, 1.165) is 0 Å². The number of hydrogen-bond donors (Lipinski definition) is 3. The molecular formula is C19H20N4O4. The molecule has 0 aliphatic heterocycles. The lowest BCUT2D eigenvalue weighted by atomic mass is 9.87. The molecule has 1 aromatic carbocycles. The average Bonchev–Trinajstić information content (AvgIpc) is 3.12. The van der Waals surface area contributed by atoms with Crippen LogP contribution in [-0.2, 0) is 21.5 Å². The van der Waals surface area contributed by atoms with Gasteiger partial charge >= 0.3 is 5.97 Å². The highest BCUT2D eigenvalue weighted by Gasteiger charge is 2.40. The van der Waals surface area contributed by atoms with Crippen molar-refractivity contribution in [2.24, 2.45) is 0 Å². The van der Waals surface area contributed by atoms with Gasteiger partial charge in [0.05, 0.1) is 6.42 Å². The molecule has 27 heavy (non-hydrogen) atoms. The number of amides is 1. The topological polar surface area (TPSA) is 117 Å². The van der Waals surface area contributed by atoms with E-state index in [9.17, 15) is 19.5 Å². The Bertz CT molecular complexity index is 1050. The molecule has 140 valence electrons. The fraction of sp³-hybridized carbons (Fsp3) is 0.263. The standard InChI is InChI=1S/C19H20N4O4/c1-3-19(18(26)27,13-7-5-4-6-8-13)22-16(24)11-14-12(2)21-15-9-10-20-23(15)17(14)25/h4-10,20H,3,11H2,1-2H3,(H,22,24)(H,26,27). The normalized spacial score (nSPS) is 13.3. The largest absolute Gasteiger partial charge is 0.479 e. The molecule has 0 fully saturated rings. The van der Waals surface area contributed by atoms with E-state index in [1.165, 1.54) is 4.52 Å². The van der Waals surface area contributed by atoms with Crippen molar-refractivity contribution in [3.63, 3.8) is 0 Å². The van der Waals surface area contributed by atoms with E-state index >= 15 is 0 Å². The van der Waals surface area contributed by atoms with E-state index in [-0.39, 0.29) is 24.0 Å². The van der Waals surface area contributed by atoms with Crippen molar-refractivity contribution >= 4 is 17.5 Å². The van der Waals surface area contributed by atoms with Gasteiger partial charge in [0.1, 0.15) is 0 Å². The number of carboxylic acids is 1. The third-order valence-electron chi connectivity index (χ3n) is 4.70. The summed E-state index contributed by atoms with van der Waals surface area (Å²) in [6.45, 7) is 3.34. The molecule has 1 amide bonds. The lowest BCUT2D eigenvalue weighted by Crippen LogP contribution is -2.52. The maximum absolute atomic E-state index is 12.7. The number of benzene rings is 1. The maximum atomic E-state index is 12.7. The van der Waals surface area contributed by atoms with Crippen LogP contribution in [0.15, 0.2) is 47.4 Å². The summed E-state index contributed by atoms with van der Waals surface area (Å²) in [4.78, 5) is 41.6. The Morgan fingerprint density at radius 1 is 1.26 bits per heavy atom. The summed E-state index contributed by atoms with van der Waals surface area (Å²) in [6, 6.07) is 10.2. The number of aromatic nitrogens is 3. The molecule has 1 atom stereocenters. The average molecular weight is 368 g/mol. The zero-order valence-electron chi connectivity index (χ0n) is 15.0. The van der Waals surface area contributed by atoms with Gasteiger partial charge in [0.25, 0.3) is 5.56 Å². The molecule has 0 radical (unpaired) electrons. The predicted octanol–water partition coefficient (Wildman–Crippen LogP) is 1.38. The van der Waals surface area contributed by atoms with E-state index in [2.05, 4.69) is 15.4 Å². The molecule has 0 saturated heterocycles. The molecule has 0 saturated carbocycles. The van der Waals surface area contributed by atoms with Crippen molar-refractivity contribution in [1.29, 1.82) is 0 Å². The second-order valence-electron chi connectivity index (χ2n) is 6.29. The Morgan fingerprint density at radius 3 is 2.59 bits per heavy atom. The minimum absolute atomic E-state index is 0.157. The fourth-order valence-corrected chi connectivity index (χ4v) is 3.17. The molecule has 3 N–H and O–H groups in total. The first-order valence-electron chi connectivity index (χ1n) is 8.54. The number of aryl methyl sites for hydroxylation is 1. The van der Waals surface area contributed by atoms with Crippen LogP contribution in [0.5, 0.6) is 0 Å². The maximum Gasteiger partial charge on any atom is 0.334 e. The quantitative estimate of drug-likeness (QED) is 0.608. The van der Waals surface area contributed by atoms with Gasteiger partial charge in [-0.2, -0.15) is 0 Å². The summed E-state index contributed by atoms with van der Waals surface area (Å²) >= 11 is 0. The molecule has 0 spiro atoms. The second-order valence-corrected chi connectivity index (χ2v) is 6.29. The Balaban J connectivity index is 1.94. The first-order valence-corrected chi connectivity index (χ1v) is 8.54. The molecular weight excluding hydrogens is 348 g/mol. The number of carbonyl (C=O) groups is 2. The number of aliphatic carboxylic acids is 1. The smallest absolute Gasteiger partial charge is 0.334 e. The van der Waals surface area contributed by atoms with Crippen LogP contribution < -0.4 is 10.9 Å². The molecule has 3 aromatic rings. The van der Waals surface area contributed by atoms with Gasteiger partial charge in [-0.05, 0) is 18.9 Å². The number of nitrogens with zero attached hydrogens (tertiary/aromatic N) is 2. The highest BCUT2D eigenvalue weighted by atomic mass is 16.4. The van der Waals surface area contributed by atoms with Crippen molar-refractivity contribution in [3.8, 4) is 0 Å². The van der Waals surface area contributed by atoms with Gasteiger partial charge in [-0.25, -0.2) is 14.3 Å². The van der Waals surface area contributed by atoms with E-state index in [4.69, 9.17) is 0 Å². The highest BCUT2D eigenvalue weighted by Crippen LogP contribution is 2.25. The molecule has 0 bridgehead atoms. The SMILES string of the molecule is CCC(NC(=O)Cc1c(C)nc2cc[nH]n2c1=O)(C(=O)O)c1ccccc1. The molecule has 8 nitrogen and oxygen atoms in total. The zero-order valence-corrected chi connectivity index (χ0v) is 15.0. The number of carbonyl (C=O) groups excluding carboxylic acids is 1. The Hall–Kier alpha value is -3.42. The van der Waals surface area contributed by atoms with E-state index in [1.54, 1.807) is 56.4 Å². The van der Waals surface area contributed by atoms with Crippen molar-refractivity contribution in [2.45, 2.75) is 32.2 Å². The summed E-state index contributed by atoms with van der Waals surface area (Å²) in [6.07, 6.45) is 1.47. The van der Waals surface area contributed by atoms with Gasteiger partial charge in [0.15, 0.2) is 11.2 Å². The number of hydrogen-bond acceptors (Lipinski definition) is 4. The third-order valence-corrected chi connectivity index (χ3v) is 4.70. The van der Waals surface area contributed by atoms with E-state index in [1.807, 2.05) is 0 Å². The first-order chi connectivity index (χ1) is 12.9. The fourth-order valence-electron chi connectivity index (χ4n) is 3.17. The Morgan fingerprint density at radius 2 is 1.96 bits per heavy atom. The Labute approximate surface area is 154 Å².